The van der Waals surface area contributed by atoms with E-state index in [9.17, 15) is 4.79 Å². The number of hydrogen-bond donors (Lipinski definition) is 2. The fraction of sp³-hybridized carbons (Fsp3) is 0.400. The normalized spacial score (nSPS) is 10.6. The van der Waals surface area contributed by atoms with E-state index in [-0.39, 0.29) is 18.7 Å². The highest BCUT2D eigenvalue weighted by Gasteiger charge is 2.08. The van der Waals surface area contributed by atoms with Gasteiger partial charge in [0.25, 0.3) is 5.56 Å². The average Bonchev–Trinajstić information content (AvgIpc) is 2.91. The van der Waals surface area contributed by atoms with Gasteiger partial charge in [0.1, 0.15) is 4.47 Å². The molecule has 2 rings (SSSR count). The van der Waals surface area contributed by atoms with Crippen LogP contribution in [0.1, 0.15) is 5.89 Å². The van der Waals surface area contributed by atoms with Crippen LogP contribution in [0.25, 0.3) is 0 Å². The van der Waals surface area contributed by atoms with Gasteiger partial charge in [-0.15, -0.1) is 0 Å². The summed E-state index contributed by atoms with van der Waals surface area (Å²) < 4.78 is 6.42. The van der Waals surface area contributed by atoms with Crippen LogP contribution in [0.3, 0.4) is 0 Å². The Morgan fingerprint density at radius 1 is 1.53 bits per heavy atom. The fourth-order valence-corrected chi connectivity index (χ4v) is 1.90. The SMILES string of the molecule is O=c1c(Br)c(NCCc2ncno2)cnn1CCO. The lowest BCUT2D eigenvalue weighted by molar-refractivity contribution is 0.266. The van der Waals surface area contributed by atoms with Gasteiger partial charge in [0, 0.05) is 13.0 Å². The van der Waals surface area contributed by atoms with Gasteiger partial charge in [0.05, 0.1) is 25.0 Å². The molecule has 8 nitrogen and oxygen atoms in total. The van der Waals surface area contributed by atoms with Crippen LogP contribution < -0.4 is 10.9 Å². The second-order valence-corrected chi connectivity index (χ2v) is 4.43. The minimum atomic E-state index is -0.295. The molecule has 102 valence electrons. The molecule has 0 aliphatic heterocycles. The molecule has 0 saturated carbocycles. The number of anilines is 1. The van der Waals surface area contributed by atoms with Crippen molar-refractivity contribution < 1.29 is 9.63 Å². The van der Waals surface area contributed by atoms with Crippen molar-refractivity contribution in [3.8, 4) is 0 Å². The summed E-state index contributed by atoms with van der Waals surface area (Å²) in [6, 6.07) is 0. The van der Waals surface area contributed by atoms with Crippen molar-refractivity contribution in [3.63, 3.8) is 0 Å². The standard InChI is InChI=1S/C10H12BrN5O3/c11-9-7(5-14-16(3-4-17)10(9)18)12-2-1-8-13-6-15-19-8/h5-6,12,17H,1-4H2. The summed E-state index contributed by atoms with van der Waals surface area (Å²) in [7, 11) is 0. The molecule has 0 radical (unpaired) electrons. The number of aromatic nitrogens is 4. The molecule has 0 fully saturated rings. The van der Waals surface area contributed by atoms with Crippen LogP contribution in [-0.2, 0) is 13.0 Å². The van der Waals surface area contributed by atoms with Crippen LogP contribution in [0, 0.1) is 0 Å². The van der Waals surface area contributed by atoms with Crippen molar-refractivity contribution in [1.29, 1.82) is 0 Å². The zero-order chi connectivity index (χ0) is 13.7. The Balaban J connectivity index is 2.01. The maximum Gasteiger partial charge on any atom is 0.283 e. The van der Waals surface area contributed by atoms with E-state index in [4.69, 9.17) is 9.63 Å². The topological polar surface area (TPSA) is 106 Å². The monoisotopic (exact) mass is 329 g/mol. The molecule has 2 heterocycles. The van der Waals surface area contributed by atoms with Crippen molar-refractivity contribution in [2.24, 2.45) is 0 Å². The summed E-state index contributed by atoms with van der Waals surface area (Å²) in [6.07, 6.45) is 3.41. The number of hydrogen-bond acceptors (Lipinski definition) is 7. The van der Waals surface area contributed by atoms with E-state index >= 15 is 0 Å². The number of nitrogens with one attached hydrogen (secondary N) is 1. The summed E-state index contributed by atoms with van der Waals surface area (Å²) >= 11 is 3.21. The zero-order valence-corrected chi connectivity index (χ0v) is 11.5. The molecule has 19 heavy (non-hydrogen) atoms. The number of rotatable bonds is 6. The molecule has 2 aromatic heterocycles. The molecule has 0 aliphatic carbocycles. The predicted octanol–water partition coefficient (Wildman–Crippen LogP) is 0.0357. The zero-order valence-electron chi connectivity index (χ0n) is 9.91. The Bertz CT molecular complexity index is 583. The summed E-state index contributed by atoms with van der Waals surface area (Å²) in [6.45, 7) is 0.564. The molecule has 0 amide bonds. The maximum absolute atomic E-state index is 11.8. The molecule has 2 aromatic rings. The Morgan fingerprint density at radius 3 is 3.05 bits per heavy atom. The van der Waals surface area contributed by atoms with Gasteiger partial charge in [-0.05, 0) is 15.9 Å². The lowest BCUT2D eigenvalue weighted by Crippen LogP contribution is -2.26. The first-order valence-electron chi connectivity index (χ1n) is 5.58. The Kier molecular flexibility index (Phi) is 4.63. The average molecular weight is 330 g/mol. The van der Waals surface area contributed by atoms with Gasteiger partial charge in [0.2, 0.25) is 5.89 Å². The third-order valence-corrected chi connectivity index (χ3v) is 3.12. The molecule has 0 bridgehead atoms. The number of halogens is 1. The Labute approximate surface area is 116 Å². The van der Waals surface area contributed by atoms with Gasteiger partial charge < -0.3 is 14.9 Å². The molecular formula is C10H12BrN5O3. The minimum Gasteiger partial charge on any atom is -0.394 e. The van der Waals surface area contributed by atoms with Crippen LogP contribution in [0.15, 0.2) is 26.3 Å². The largest absolute Gasteiger partial charge is 0.394 e. The maximum atomic E-state index is 11.8. The second kappa shape index (κ2) is 6.43. The molecular weight excluding hydrogens is 318 g/mol. The summed E-state index contributed by atoms with van der Waals surface area (Å²) in [5.74, 6) is 0.519. The highest BCUT2D eigenvalue weighted by Crippen LogP contribution is 2.15. The van der Waals surface area contributed by atoms with Crippen LogP contribution in [-0.4, -0.2) is 38.2 Å². The van der Waals surface area contributed by atoms with E-state index in [1.54, 1.807) is 0 Å². The van der Waals surface area contributed by atoms with Gasteiger partial charge in [-0.25, -0.2) is 4.68 Å². The fourth-order valence-electron chi connectivity index (χ4n) is 1.45. The Hall–Kier alpha value is -1.74. The number of aliphatic hydroxyl groups excluding tert-OH is 1. The second-order valence-electron chi connectivity index (χ2n) is 3.64. The van der Waals surface area contributed by atoms with Gasteiger partial charge >= 0.3 is 0 Å². The van der Waals surface area contributed by atoms with Crippen LogP contribution >= 0.6 is 15.9 Å². The van der Waals surface area contributed by atoms with Crippen LogP contribution in [0.5, 0.6) is 0 Å². The van der Waals surface area contributed by atoms with E-state index in [1.807, 2.05) is 0 Å². The first-order valence-corrected chi connectivity index (χ1v) is 6.37. The molecule has 0 unspecified atom stereocenters. The summed E-state index contributed by atoms with van der Waals surface area (Å²) in [5, 5.41) is 19.3. The molecule has 0 saturated heterocycles. The van der Waals surface area contributed by atoms with Gasteiger partial charge in [-0.1, -0.05) is 5.16 Å². The number of nitrogens with zero attached hydrogens (tertiary/aromatic N) is 4. The smallest absolute Gasteiger partial charge is 0.283 e. The van der Waals surface area contributed by atoms with Crippen molar-refractivity contribution in [3.05, 3.63) is 33.2 Å². The molecule has 0 aliphatic rings. The lowest BCUT2D eigenvalue weighted by Gasteiger charge is -2.08. The highest BCUT2D eigenvalue weighted by molar-refractivity contribution is 9.10. The van der Waals surface area contributed by atoms with E-state index < -0.39 is 0 Å². The molecule has 0 spiro atoms. The van der Waals surface area contributed by atoms with Crippen molar-refractivity contribution in [2.45, 2.75) is 13.0 Å². The quantitative estimate of drug-likeness (QED) is 0.770. The van der Waals surface area contributed by atoms with E-state index in [2.05, 4.69) is 36.5 Å². The van der Waals surface area contributed by atoms with Crippen molar-refractivity contribution >= 4 is 21.6 Å². The van der Waals surface area contributed by atoms with E-state index in [1.165, 1.54) is 17.2 Å². The van der Waals surface area contributed by atoms with Crippen LogP contribution in [0.2, 0.25) is 0 Å². The lowest BCUT2D eigenvalue weighted by atomic mass is 10.4. The first kappa shape index (κ1) is 13.7. The van der Waals surface area contributed by atoms with Crippen molar-refractivity contribution in [2.75, 3.05) is 18.5 Å². The summed E-state index contributed by atoms with van der Waals surface area (Å²) in [4.78, 5) is 15.7. The molecule has 0 atom stereocenters. The Morgan fingerprint density at radius 2 is 2.37 bits per heavy atom. The van der Waals surface area contributed by atoms with E-state index in [0.29, 0.717) is 29.0 Å². The van der Waals surface area contributed by atoms with Gasteiger partial charge in [-0.3, -0.25) is 4.79 Å². The molecule has 2 N–H and O–H groups in total. The van der Waals surface area contributed by atoms with Gasteiger partial charge in [0.15, 0.2) is 6.33 Å². The van der Waals surface area contributed by atoms with Crippen LogP contribution in [0.4, 0.5) is 5.69 Å². The highest BCUT2D eigenvalue weighted by atomic mass is 79.9. The minimum absolute atomic E-state index is 0.136. The number of aliphatic hydroxyl groups is 1. The van der Waals surface area contributed by atoms with Gasteiger partial charge in [-0.2, -0.15) is 10.1 Å². The first-order chi connectivity index (χ1) is 9.22. The molecule has 9 heteroatoms. The van der Waals surface area contributed by atoms with Crippen molar-refractivity contribution in [1.82, 2.24) is 19.9 Å². The molecule has 0 aromatic carbocycles. The predicted molar refractivity (Wildman–Crippen MR) is 69.8 cm³/mol. The third kappa shape index (κ3) is 3.38. The third-order valence-electron chi connectivity index (χ3n) is 2.36. The summed E-state index contributed by atoms with van der Waals surface area (Å²) in [5.41, 5.74) is 0.288. The van der Waals surface area contributed by atoms with E-state index in [0.717, 1.165) is 0 Å².